The summed E-state index contributed by atoms with van der Waals surface area (Å²) in [5, 5.41) is 2.90. The Hall–Kier alpha value is -1.35. The van der Waals surface area contributed by atoms with Gasteiger partial charge < -0.3 is 11.1 Å². The second-order valence-electron chi connectivity index (χ2n) is 4.46. The van der Waals surface area contributed by atoms with Gasteiger partial charge in [-0.1, -0.05) is 31.2 Å². The Bertz CT molecular complexity index is 344. The van der Waals surface area contributed by atoms with E-state index >= 15 is 0 Å². The molecule has 3 N–H and O–H groups in total. The minimum absolute atomic E-state index is 0.0712. The van der Waals surface area contributed by atoms with Crippen LogP contribution in [-0.4, -0.2) is 11.9 Å². The van der Waals surface area contributed by atoms with Crippen LogP contribution in [-0.2, 0) is 17.8 Å². The van der Waals surface area contributed by atoms with Crippen LogP contribution in [0.5, 0.6) is 0 Å². The highest BCUT2D eigenvalue weighted by Crippen LogP contribution is 2.05. The Morgan fingerprint density at radius 2 is 1.88 bits per heavy atom. The van der Waals surface area contributed by atoms with Crippen LogP contribution < -0.4 is 11.1 Å². The van der Waals surface area contributed by atoms with Crippen LogP contribution in [0.15, 0.2) is 24.3 Å². The van der Waals surface area contributed by atoms with Crippen LogP contribution >= 0.6 is 0 Å². The molecule has 1 amide bonds. The highest BCUT2D eigenvalue weighted by Gasteiger charge is 2.03. The first-order valence-corrected chi connectivity index (χ1v) is 6.22. The van der Waals surface area contributed by atoms with Crippen molar-refractivity contribution >= 4 is 5.91 Å². The van der Waals surface area contributed by atoms with Gasteiger partial charge in [-0.3, -0.25) is 4.79 Å². The number of nitrogens with one attached hydrogen (secondary N) is 1. The molecule has 0 saturated carbocycles. The molecule has 0 heterocycles. The molecule has 0 radical (unpaired) electrons. The summed E-state index contributed by atoms with van der Waals surface area (Å²) in [6, 6.07) is 8.41. The summed E-state index contributed by atoms with van der Waals surface area (Å²) in [6.45, 7) is 4.64. The van der Waals surface area contributed by atoms with Gasteiger partial charge in [0.1, 0.15) is 0 Å². The molecule has 94 valence electrons. The van der Waals surface area contributed by atoms with Gasteiger partial charge >= 0.3 is 0 Å². The number of benzene rings is 1. The average molecular weight is 234 g/mol. The Morgan fingerprint density at radius 1 is 1.29 bits per heavy atom. The van der Waals surface area contributed by atoms with Crippen molar-refractivity contribution in [3.8, 4) is 0 Å². The zero-order chi connectivity index (χ0) is 12.7. The number of carbonyl (C=O) groups excluding carboxylic acids is 1. The van der Waals surface area contributed by atoms with Gasteiger partial charge in [0.25, 0.3) is 0 Å². The van der Waals surface area contributed by atoms with Gasteiger partial charge in [0.2, 0.25) is 5.91 Å². The van der Waals surface area contributed by atoms with Crippen LogP contribution in [0.3, 0.4) is 0 Å². The lowest BCUT2D eigenvalue weighted by molar-refractivity contribution is -0.121. The van der Waals surface area contributed by atoms with Crippen LogP contribution in [0, 0.1) is 0 Å². The first-order chi connectivity index (χ1) is 8.11. The first kappa shape index (κ1) is 13.7. The zero-order valence-electron chi connectivity index (χ0n) is 10.7. The van der Waals surface area contributed by atoms with E-state index in [0.717, 1.165) is 18.4 Å². The lowest BCUT2D eigenvalue weighted by Gasteiger charge is -2.07. The minimum atomic E-state index is 0.0712. The molecule has 1 atom stereocenters. The molecule has 0 aromatic heterocycles. The van der Waals surface area contributed by atoms with E-state index in [1.807, 2.05) is 6.92 Å². The van der Waals surface area contributed by atoms with Crippen LogP contribution in [0.1, 0.15) is 37.8 Å². The fraction of sp³-hybridized carbons (Fsp3) is 0.500. The Balaban J connectivity index is 2.31. The second-order valence-corrected chi connectivity index (χ2v) is 4.46. The topological polar surface area (TPSA) is 55.1 Å². The summed E-state index contributed by atoms with van der Waals surface area (Å²) in [5.41, 5.74) is 8.05. The lowest BCUT2D eigenvalue weighted by Crippen LogP contribution is -2.25. The van der Waals surface area contributed by atoms with Gasteiger partial charge in [-0.15, -0.1) is 0 Å². The predicted octanol–water partition coefficient (Wildman–Crippen LogP) is 1.99. The van der Waals surface area contributed by atoms with Crippen molar-refractivity contribution in [2.45, 2.75) is 45.7 Å². The molecule has 0 saturated heterocycles. The molecule has 0 aliphatic carbocycles. The summed E-state index contributed by atoms with van der Waals surface area (Å²) >= 11 is 0. The highest BCUT2D eigenvalue weighted by molar-refractivity contribution is 5.75. The predicted molar refractivity (Wildman–Crippen MR) is 70.6 cm³/mol. The summed E-state index contributed by atoms with van der Waals surface area (Å²) in [6.07, 6.45) is 2.28. The number of aryl methyl sites for hydroxylation is 1. The molecule has 0 aliphatic heterocycles. The number of hydrogen-bond donors (Lipinski definition) is 2. The monoisotopic (exact) mass is 234 g/mol. The largest absolute Gasteiger partial charge is 0.352 e. The quantitative estimate of drug-likeness (QED) is 0.791. The highest BCUT2D eigenvalue weighted by atomic mass is 16.1. The van der Waals surface area contributed by atoms with Gasteiger partial charge in [0, 0.05) is 19.0 Å². The molecule has 3 heteroatoms. The SMILES string of the molecule is CCc1ccc(CNC(=O)CCC(C)N)cc1. The average Bonchev–Trinajstić information content (AvgIpc) is 2.34. The van der Waals surface area contributed by atoms with Crippen molar-refractivity contribution in [3.63, 3.8) is 0 Å². The maximum atomic E-state index is 11.5. The van der Waals surface area contributed by atoms with Crippen LogP contribution in [0.25, 0.3) is 0 Å². The van der Waals surface area contributed by atoms with E-state index in [1.165, 1.54) is 5.56 Å². The smallest absolute Gasteiger partial charge is 0.220 e. The number of carbonyl (C=O) groups is 1. The zero-order valence-corrected chi connectivity index (χ0v) is 10.7. The molecule has 0 fully saturated rings. The minimum Gasteiger partial charge on any atom is -0.352 e. The van der Waals surface area contributed by atoms with E-state index in [2.05, 4.69) is 36.5 Å². The van der Waals surface area contributed by atoms with Gasteiger partial charge in [-0.05, 0) is 30.9 Å². The Morgan fingerprint density at radius 3 is 2.41 bits per heavy atom. The number of rotatable bonds is 6. The van der Waals surface area contributed by atoms with Crippen molar-refractivity contribution in [2.24, 2.45) is 5.73 Å². The van der Waals surface area contributed by atoms with E-state index in [1.54, 1.807) is 0 Å². The molecular formula is C14H22N2O. The molecule has 1 aromatic rings. The molecule has 0 spiro atoms. The fourth-order valence-electron chi connectivity index (χ4n) is 1.54. The van der Waals surface area contributed by atoms with Gasteiger partial charge in [0.15, 0.2) is 0 Å². The van der Waals surface area contributed by atoms with Gasteiger partial charge in [0.05, 0.1) is 0 Å². The van der Waals surface area contributed by atoms with Crippen LogP contribution in [0.4, 0.5) is 0 Å². The molecule has 1 rings (SSSR count). The lowest BCUT2D eigenvalue weighted by atomic mass is 10.1. The number of hydrogen-bond acceptors (Lipinski definition) is 2. The van der Waals surface area contributed by atoms with E-state index in [4.69, 9.17) is 5.73 Å². The van der Waals surface area contributed by atoms with Crippen molar-refractivity contribution < 1.29 is 4.79 Å². The molecule has 1 unspecified atom stereocenters. The summed E-state index contributed by atoms with van der Waals surface area (Å²) in [5.74, 6) is 0.0712. The third kappa shape index (κ3) is 5.50. The maximum Gasteiger partial charge on any atom is 0.220 e. The Kier molecular flexibility index (Phi) is 5.70. The number of nitrogens with two attached hydrogens (primary N) is 1. The molecule has 0 aliphatic rings. The summed E-state index contributed by atoms with van der Waals surface area (Å²) in [4.78, 5) is 11.5. The van der Waals surface area contributed by atoms with E-state index in [0.29, 0.717) is 13.0 Å². The molecule has 0 bridgehead atoms. The third-order valence-electron chi connectivity index (χ3n) is 2.75. The van der Waals surface area contributed by atoms with Gasteiger partial charge in [-0.25, -0.2) is 0 Å². The van der Waals surface area contributed by atoms with Crippen molar-refractivity contribution in [1.29, 1.82) is 0 Å². The van der Waals surface area contributed by atoms with E-state index in [-0.39, 0.29) is 11.9 Å². The first-order valence-electron chi connectivity index (χ1n) is 6.22. The third-order valence-corrected chi connectivity index (χ3v) is 2.75. The van der Waals surface area contributed by atoms with Crippen molar-refractivity contribution in [3.05, 3.63) is 35.4 Å². The molecule has 1 aromatic carbocycles. The van der Waals surface area contributed by atoms with Gasteiger partial charge in [-0.2, -0.15) is 0 Å². The maximum absolute atomic E-state index is 11.5. The van der Waals surface area contributed by atoms with Crippen molar-refractivity contribution in [2.75, 3.05) is 0 Å². The standard InChI is InChI=1S/C14H22N2O/c1-3-12-5-7-13(8-6-12)10-16-14(17)9-4-11(2)15/h5-8,11H,3-4,9-10,15H2,1-2H3,(H,16,17). The van der Waals surface area contributed by atoms with Crippen LogP contribution in [0.2, 0.25) is 0 Å². The molecule has 17 heavy (non-hydrogen) atoms. The summed E-state index contributed by atoms with van der Waals surface area (Å²) in [7, 11) is 0. The summed E-state index contributed by atoms with van der Waals surface area (Å²) < 4.78 is 0. The second kappa shape index (κ2) is 7.07. The van der Waals surface area contributed by atoms with E-state index < -0.39 is 0 Å². The molecule has 3 nitrogen and oxygen atoms in total. The van der Waals surface area contributed by atoms with E-state index in [9.17, 15) is 4.79 Å². The normalized spacial score (nSPS) is 12.2. The van der Waals surface area contributed by atoms with Crippen molar-refractivity contribution in [1.82, 2.24) is 5.32 Å². The number of amides is 1. The molecular weight excluding hydrogens is 212 g/mol. The fourth-order valence-corrected chi connectivity index (χ4v) is 1.54. The Labute approximate surface area is 103 Å².